The second-order valence-corrected chi connectivity index (χ2v) is 5.48. The zero-order valence-corrected chi connectivity index (χ0v) is 11.4. The molecule has 19 heavy (non-hydrogen) atoms. The Morgan fingerprint density at radius 3 is 2.84 bits per heavy atom. The van der Waals surface area contributed by atoms with Gasteiger partial charge in [-0.05, 0) is 55.0 Å². The molecule has 1 aliphatic rings. The molecule has 1 N–H and O–H groups in total. The van der Waals surface area contributed by atoms with Crippen LogP contribution in [0.3, 0.4) is 0 Å². The molecule has 2 unspecified atom stereocenters. The molecule has 2 atom stereocenters. The van der Waals surface area contributed by atoms with Crippen LogP contribution in [0.15, 0.2) is 36.5 Å². The van der Waals surface area contributed by atoms with Gasteiger partial charge in [0.2, 0.25) is 0 Å². The van der Waals surface area contributed by atoms with E-state index in [9.17, 15) is 5.11 Å². The summed E-state index contributed by atoms with van der Waals surface area (Å²) >= 11 is 0. The van der Waals surface area contributed by atoms with Gasteiger partial charge in [-0.3, -0.25) is 4.98 Å². The van der Waals surface area contributed by atoms with Gasteiger partial charge >= 0.3 is 0 Å². The van der Waals surface area contributed by atoms with Crippen molar-refractivity contribution >= 4 is 0 Å². The van der Waals surface area contributed by atoms with E-state index < -0.39 is 6.10 Å². The van der Waals surface area contributed by atoms with Crippen LogP contribution in [0.1, 0.15) is 46.4 Å². The molecule has 1 heterocycles. The molecule has 0 aliphatic heterocycles. The molecule has 2 nitrogen and oxygen atoms in total. The number of hydrogen-bond donors (Lipinski definition) is 1. The Morgan fingerprint density at radius 2 is 2.05 bits per heavy atom. The lowest BCUT2D eigenvalue weighted by molar-refractivity contribution is 0.143. The smallest absolute Gasteiger partial charge is 0.0873 e. The number of fused-ring (bicyclic) bond motifs is 1. The number of pyridine rings is 1. The monoisotopic (exact) mass is 253 g/mol. The molecule has 0 radical (unpaired) electrons. The van der Waals surface area contributed by atoms with Gasteiger partial charge in [0.05, 0.1) is 6.10 Å². The predicted octanol–water partition coefficient (Wildman–Crippen LogP) is 3.46. The number of aliphatic hydroxyl groups excluding tert-OH is 1. The summed E-state index contributed by atoms with van der Waals surface area (Å²) in [7, 11) is 0. The van der Waals surface area contributed by atoms with Crippen LogP contribution in [0, 0.1) is 13.8 Å². The first kappa shape index (κ1) is 12.4. The van der Waals surface area contributed by atoms with Gasteiger partial charge in [0, 0.05) is 17.8 Å². The predicted molar refractivity (Wildman–Crippen MR) is 76.2 cm³/mol. The summed E-state index contributed by atoms with van der Waals surface area (Å²) in [5.41, 5.74) is 5.87. The average molecular weight is 253 g/mol. The van der Waals surface area contributed by atoms with Crippen LogP contribution in [-0.2, 0) is 6.42 Å². The molecule has 0 saturated heterocycles. The highest BCUT2D eigenvalue weighted by Crippen LogP contribution is 2.40. The van der Waals surface area contributed by atoms with Crippen LogP contribution in [-0.4, -0.2) is 10.1 Å². The highest BCUT2D eigenvalue weighted by molar-refractivity contribution is 5.36. The molecule has 1 aromatic heterocycles. The van der Waals surface area contributed by atoms with E-state index in [2.05, 4.69) is 37.0 Å². The minimum absolute atomic E-state index is 0.137. The van der Waals surface area contributed by atoms with E-state index in [1.807, 2.05) is 18.3 Å². The Hall–Kier alpha value is -1.67. The molecule has 1 aliphatic carbocycles. The third kappa shape index (κ3) is 2.17. The first-order valence-corrected chi connectivity index (χ1v) is 6.86. The van der Waals surface area contributed by atoms with Crippen molar-refractivity contribution in [2.24, 2.45) is 0 Å². The van der Waals surface area contributed by atoms with Crippen molar-refractivity contribution in [3.63, 3.8) is 0 Å². The molecule has 98 valence electrons. The molecule has 1 aromatic carbocycles. The van der Waals surface area contributed by atoms with E-state index in [0.717, 1.165) is 24.1 Å². The Balaban J connectivity index is 1.93. The molecule has 2 aromatic rings. The Bertz CT molecular complexity index is 606. The van der Waals surface area contributed by atoms with Crippen LogP contribution >= 0.6 is 0 Å². The lowest BCUT2D eigenvalue weighted by Crippen LogP contribution is -2.09. The van der Waals surface area contributed by atoms with E-state index in [0.29, 0.717) is 0 Å². The third-order valence-electron chi connectivity index (χ3n) is 4.26. The van der Waals surface area contributed by atoms with Crippen molar-refractivity contribution in [1.82, 2.24) is 4.98 Å². The van der Waals surface area contributed by atoms with Crippen molar-refractivity contribution in [2.45, 2.75) is 38.7 Å². The van der Waals surface area contributed by atoms with E-state index >= 15 is 0 Å². The minimum Gasteiger partial charge on any atom is -0.388 e. The standard InChI is InChI=1S/C17H19NO/c1-11-5-6-14(10-12(11)2)17(19)15-8-7-13-4-3-9-18-16(13)15/h3-6,9-10,15,17,19H,7-8H2,1-2H3. The van der Waals surface area contributed by atoms with Gasteiger partial charge in [-0.1, -0.05) is 24.3 Å². The van der Waals surface area contributed by atoms with Crippen LogP contribution < -0.4 is 0 Å². The summed E-state index contributed by atoms with van der Waals surface area (Å²) in [6.07, 6.45) is 3.39. The van der Waals surface area contributed by atoms with Crippen LogP contribution in [0.2, 0.25) is 0 Å². The molecule has 0 saturated carbocycles. The molecule has 0 fully saturated rings. The number of aromatic nitrogens is 1. The summed E-state index contributed by atoms with van der Waals surface area (Å²) in [5.74, 6) is 0.137. The fourth-order valence-corrected chi connectivity index (χ4v) is 2.93. The Labute approximate surface area is 114 Å². The second kappa shape index (κ2) is 4.78. The minimum atomic E-state index is -0.449. The average Bonchev–Trinajstić information content (AvgIpc) is 2.85. The number of aliphatic hydroxyl groups is 1. The summed E-state index contributed by atoms with van der Waals surface area (Å²) in [6, 6.07) is 10.3. The van der Waals surface area contributed by atoms with Gasteiger partial charge in [0.15, 0.2) is 0 Å². The van der Waals surface area contributed by atoms with E-state index in [1.165, 1.54) is 16.7 Å². The molecular weight excluding hydrogens is 234 g/mol. The van der Waals surface area contributed by atoms with E-state index in [-0.39, 0.29) is 5.92 Å². The topological polar surface area (TPSA) is 33.1 Å². The largest absolute Gasteiger partial charge is 0.388 e. The lowest BCUT2D eigenvalue weighted by atomic mass is 9.92. The Kier molecular flexibility index (Phi) is 3.11. The number of hydrogen-bond acceptors (Lipinski definition) is 2. The molecular formula is C17H19NO. The molecule has 2 heteroatoms. The van der Waals surface area contributed by atoms with Crippen LogP contribution in [0.5, 0.6) is 0 Å². The number of rotatable bonds is 2. The molecule has 0 amide bonds. The zero-order chi connectivity index (χ0) is 13.4. The summed E-state index contributed by atoms with van der Waals surface area (Å²) in [6.45, 7) is 4.18. The normalized spacial score (nSPS) is 19.2. The van der Waals surface area contributed by atoms with Crippen LogP contribution in [0.25, 0.3) is 0 Å². The molecule has 0 bridgehead atoms. The van der Waals surface area contributed by atoms with Crippen molar-refractivity contribution < 1.29 is 5.11 Å². The van der Waals surface area contributed by atoms with Gasteiger partial charge in [-0.15, -0.1) is 0 Å². The van der Waals surface area contributed by atoms with Crippen molar-refractivity contribution in [3.05, 3.63) is 64.5 Å². The zero-order valence-electron chi connectivity index (χ0n) is 11.4. The summed E-state index contributed by atoms with van der Waals surface area (Å²) in [5, 5.41) is 10.6. The highest BCUT2D eigenvalue weighted by atomic mass is 16.3. The number of nitrogens with zero attached hydrogens (tertiary/aromatic N) is 1. The maximum absolute atomic E-state index is 10.6. The van der Waals surface area contributed by atoms with Gasteiger partial charge < -0.3 is 5.11 Å². The molecule has 0 spiro atoms. The van der Waals surface area contributed by atoms with Gasteiger partial charge in [0.1, 0.15) is 0 Å². The third-order valence-corrected chi connectivity index (χ3v) is 4.26. The Morgan fingerprint density at radius 1 is 1.21 bits per heavy atom. The maximum Gasteiger partial charge on any atom is 0.0873 e. The second-order valence-electron chi connectivity index (χ2n) is 5.48. The fraction of sp³-hybridized carbons (Fsp3) is 0.353. The first-order valence-electron chi connectivity index (χ1n) is 6.86. The van der Waals surface area contributed by atoms with Crippen molar-refractivity contribution in [3.8, 4) is 0 Å². The lowest BCUT2D eigenvalue weighted by Gasteiger charge is -2.19. The van der Waals surface area contributed by atoms with Gasteiger partial charge in [-0.2, -0.15) is 0 Å². The number of aryl methyl sites for hydroxylation is 3. The summed E-state index contributed by atoms with van der Waals surface area (Å²) < 4.78 is 0. The van der Waals surface area contributed by atoms with E-state index in [4.69, 9.17) is 0 Å². The fourth-order valence-electron chi connectivity index (χ4n) is 2.93. The highest BCUT2D eigenvalue weighted by Gasteiger charge is 2.30. The molecule has 3 rings (SSSR count). The first-order chi connectivity index (χ1) is 9.16. The van der Waals surface area contributed by atoms with Crippen molar-refractivity contribution in [2.75, 3.05) is 0 Å². The van der Waals surface area contributed by atoms with Gasteiger partial charge in [-0.25, -0.2) is 0 Å². The van der Waals surface area contributed by atoms with Gasteiger partial charge in [0.25, 0.3) is 0 Å². The maximum atomic E-state index is 10.6. The quantitative estimate of drug-likeness (QED) is 0.889. The van der Waals surface area contributed by atoms with Crippen LogP contribution in [0.4, 0.5) is 0 Å². The van der Waals surface area contributed by atoms with E-state index in [1.54, 1.807) is 0 Å². The van der Waals surface area contributed by atoms with Crippen molar-refractivity contribution in [1.29, 1.82) is 0 Å². The number of benzene rings is 1. The summed E-state index contributed by atoms with van der Waals surface area (Å²) in [4.78, 5) is 4.47. The SMILES string of the molecule is Cc1ccc(C(O)C2CCc3cccnc32)cc1C.